The van der Waals surface area contributed by atoms with Crippen LogP contribution >= 0.6 is 0 Å². The van der Waals surface area contributed by atoms with Gasteiger partial charge in [-0.15, -0.1) is 184 Å². The van der Waals surface area contributed by atoms with Gasteiger partial charge in [0.1, 0.15) is 0 Å². The fourth-order valence-electron chi connectivity index (χ4n) is 14.7. The molecule has 0 N–H and O–H groups in total. The molecule has 9 heterocycles. The Bertz CT molecular complexity index is 6220. The molecule has 613 valence electrons. The first-order valence-electron chi connectivity index (χ1n) is 40.6. The van der Waals surface area contributed by atoms with Crippen molar-refractivity contribution >= 4 is 102 Å². The van der Waals surface area contributed by atoms with Gasteiger partial charge >= 0.3 is 0 Å². The number of pyridine rings is 6. The summed E-state index contributed by atoms with van der Waals surface area (Å²) >= 11 is 0. The first-order valence-corrected chi connectivity index (χ1v) is 54.1. The van der Waals surface area contributed by atoms with Gasteiger partial charge in [-0.3, -0.25) is 0 Å². The Kier molecular flexibility index (Phi) is 30.5. The molecule has 8 aromatic heterocycles. The van der Waals surface area contributed by atoms with Gasteiger partial charge in [0.05, 0.1) is 32.3 Å². The van der Waals surface area contributed by atoms with Crippen LogP contribution in [0.2, 0.25) is 72.0 Å². The van der Waals surface area contributed by atoms with Gasteiger partial charge < -0.3 is 39.0 Å². The van der Waals surface area contributed by atoms with E-state index in [1.807, 2.05) is 137 Å². The minimum Gasteiger partial charge on any atom is -0.381 e. The van der Waals surface area contributed by atoms with Crippen LogP contribution in [0.15, 0.2) is 322 Å². The Morgan fingerprint density at radius 2 is 0.653 bits per heavy atom. The van der Waals surface area contributed by atoms with Gasteiger partial charge in [0.25, 0.3) is 0 Å². The molecule has 0 atom stereocenters. The van der Waals surface area contributed by atoms with Crippen molar-refractivity contribution in [2.24, 2.45) is 0 Å². The standard InChI is InChI=1S/C26H23N2Si.C22H23N2Si.C22H24NSi2.3C12H10N.3Ir/c1-29(2,3)21-14-15-24(27-18-21)19-13-16-26-23(17-19)22-11-7-8-12-25(22)28(26)20-9-5-4-6-10-20;1-5-24-21-9-7-6-8-18(21)19-14-16(10-13-22(19)24)20-12-11-17(15-23-20)25(2,3)4;1-24(2,3)17-11-12-20(23-15-17)16-10-13-22-19(14-16)18-8-6-7-9-21(18)25(22,4)5;3*1-10-7-8-12(13-9-10)11-5-3-2-4-6-11;;;/h4-12,14-18H,1-3H3;6-9,11-15H,5H2,1-4H3;6-9,11-15H,1-5H3;3*2-5,7-9H,1H3;;;/q6*-1;;;. The molecule has 0 amide bonds. The molecule has 15 heteroatoms. The third kappa shape index (κ3) is 21.7. The molecule has 8 nitrogen and oxygen atoms in total. The van der Waals surface area contributed by atoms with Crippen LogP contribution in [0, 0.1) is 57.2 Å². The largest absolute Gasteiger partial charge is 0.381 e. The first-order chi connectivity index (χ1) is 56.9. The predicted octanol–water partition coefficient (Wildman–Crippen LogP) is 23.9. The number of nitrogens with zero attached hydrogens (tertiary/aromatic N) is 8. The van der Waals surface area contributed by atoms with Crippen LogP contribution in [-0.2, 0) is 66.9 Å². The van der Waals surface area contributed by atoms with Crippen LogP contribution in [0.3, 0.4) is 0 Å². The van der Waals surface area contributed by atoms with Crippen molar-refractivity contribution in [1.29, 1.82) is 0 Å². The summed E-state index contributed by atoms with van der Waals surface area (Å²) in [6.07, 6.45) is 11.8. The van der Waals surface area contributed by atoms with E-state index < -0.39 is 32.3 Å². The van der Waals surface area contributed by atoms with Gasteiger partial charge in [-0.05, 0) is 146 Å². The van der Waals surface area contributed by atoms with Crippen LogP contribution in [0.25, 0.3) is 128 Å². The number of aromatic nitrogens is 8. The Hall–Kier alpha value is -10.5. The van der Waals surface area contributed by atoms with Crippen molar-refractivity contribution < 1.29 is 60.3 Å². The zero-order valence-corrected chi connectivity index (χ0v) is 82.6. The molecule has 0 spiro atoms. The molecule has 18 aromatic rings. The molecular weight excluding hydrogens is 2070 g/mol. The van der Waals surface area contributed by atoms with Gasteiger partial charge in [0, 0.05) is 121 Å². The number of hydrogen-bond acceptors (Lipinski definition) is 6. The van der Waals surface area contributed by atoms with Crippen molar-refractivity contribution in [2.75, 3.05) is 0 Å². The summed E-state index contributed by atoms with van der Waals surface area (Å²) in [5.74, 6) is 0. The zero-order valence-electron chi connectivity index (χ0n) is 71.4. The summed E-state index contributed by atoms with van der Waals surface area (Å²) in [6, 6.07) is 119. The first kappa shape index (κ1) is 91.3. The number of rotatable bonds is 11. The van der Waals surface area contributed by atoms with Crippen LogP contribution in [0.5, 0.6) is 0 Å². The number of benzene rings is 10. The Morgan fingerprint density at radius 3 is 1.06 bits per heavy atom. The molecule has 1 aliphatic heterocycles. The third-order valence-electron chi connectivity index (χ3n) is 21.6. The number of fused-ring (bicyclic) bond motifs is 9. The van der Waals surface area contributed by atoms with Crippen molar-refractivity contribution in [3.63, 3.8) is 0 Å². The van der Waals surface area contributed by atoms with Gasteiger partial charge in [-0.2, -0.15) is 0 Å². The molecule has 19 rings (SSSR count). The van der Waals surface area contributed by atoms with Crippen molar-refractivity contribution in [3.8, 4) is 84.4 Å². The molecule has 121 heavy (non-hydrogen) atoms. The smallest absolute Gasteiger partial charge is 0.0795 e. The van der Waals surface area contributed by atoms with E-state index >= 15 is 0 Å². The monoisotopic (exact) mass is 2180 g/mol. The van der Waals surface area contributed by atoms with E-state index in [0.717, 1.165) is 79.8 Å². The second-order valence-corrected chi connectivity index (χ2v) is 53.2. The number of para-hydroxylation sites is 3. The van der Waals surface area contributed by atoms with Crippen molar-refractivity contribution in [3.05, 3.63) is 375 Å². The number of aryl methyl sites for hydroxylation is 4. The minimum atomic E-state index is -1.59. The van der Waals surface area contributed by atoms with Crippen LogP contribution in [0.4, 0.5) is 0 Å². The predicted molar refractivity (Wildman–Crippen MR) is 509 cm³/mol. The summed E-state index contributed by atoms with van der Waals surface area (Å²) in [4.78, 5) is 27.2. The molecular formula is C106H100Ir3N8Si4-6. The Labute approximate surface area is 760 Å². The van der Waals surface area contributed by atoms with Crippen LogP contribution in [0.1, 0.15) is 23.6 Å². The molecule has 0 fully saturated rings. The van der Waals surface area contributed by atoms with E-state index in [2.05, 4.69) is 346 Å². The van der Waals surface area contributed by atoms with Crippen LogP contribution < -0.4 is 25.9 Å². The molecule has 1 aliphatic rings. The molecule has 0 aliphatic carbocycles. The summed E-state index contributed by atoms with van der Waals surface area (Å²) in [5.41, 5.74) is 24.7. The van der Waals surface area contributed by atoms with E-state index in [9.17, 15) is 0 Å². The molecule has 0 saturated carbocycles. The van der Waals surface area contributed by atoms with Gasteiger partial charge in [-0.25, -0.2) is 0 Å². The molecule has 3 radical (unpaired) electrons. The van der Waals surface area contributed by atoms with E-state index in [1.165, 1.54) is 97.4 Å². The van der Waals surface area contributed by atoms with E-state index in [0.29, 0.717) is 0 Å². The summed E-state index contributed by atoms with van der Waals surface area (Å²) in [6.45, 7) is 35.3. The second-order valence-electron chi connectivity index (χ2n) is 33.6. The summed E-state index contributed by atoms with van der Waals surface area (Å²) in [5, 5.41) is 12.3. The fourth-order valence-corrected chi connectivity index (χ4v) is 20.8. The zero-order chi connectivity index (χ0) is 82.7. The van der Waals surface area contributed by atoms with E-state index in [-0.39, 0.29) is 60.3 Å². The normalized spacial score (nSPS) is 11.7. The topological polar surface area (TPSA) is 87.2 Å². The Balaban J connectivity index is 0.000000145. The fraction of sp³-hybridized carbons (Fsp3) is 0.151. The van der Waals surface area contributed by atoms with Gasteiger partial charge in [0.15, 0.2) is 0 Å². The molecule has 0 saturated heterocycles. The molecule has 0 bridgehead atoms. The second kappa shape index (κ2) is 40.5. The van der Waals surface area contributed by atoms with Crippen LogP contribution in [-0.4, -0.2) is 71.3 Å². The van der Waals surface area contributed by atoms with E-state index in [4.69, 9.17) is 15.0 Å². The average molecular weight is 2180 g/mol. The molecule has 10 aromatic carbocycles. The van der Waals surface area contributed by atoms with Gasteiger partial charge in [-0.1, -0.05) is 245 Å². The van der Waals surface area contributed by atoms with E-state index in [1.54, 1.807) is 0 Å². The third-order valence-corrected chi connectivity index (χ3v) is 31.2. The van der Waals surface area contributed by atoms with Crippen molar-refractivity contribution in [1.82, 2.24) is 39.0 Å². The summed E-state index contributed by atoms with van der Waals surface area (Å²) < 4.78 is 4.67. The average Bonchev–Trinajstić information content (AvgIpc) is 1.59. The Morgan fingerprint density at radius 1 is 0.298 bits per heavy atom. The maximum Gasteiger partial charge on any atom is 0.0795 e. The maximum absolute atomic E-state index is 4.76. The summed E-state index contributed by atoms with van der Waals surface area (Å²) in [7, 11) is -5.55. The molecule has 0 unspecified atom stereocenters. The van der Waals surface area contributed by atoms with Gasteiger partial charge in [0.2, 0.25) is 0 Å². The number of hydrogen-bond donors (Lipinski definition) is 0. The SMILES string of the molecule is CCn1c2c[c-]c(-c3ccc([Si](C)(C)C)cn3)cc2c2ccccc21.C[Si](C)(C)c1ccc(-c2[c-]cc3c(c2)-c2ccccc2[Si]3(C)C)nc1.C[Si](C)(C)c1ccc(-c2[c-]cc3c(c2)c2ccccc2n3-c2ccccc2)nc1.Cc1ccc(-c2[c-]cccc2)nc1.Cc1ccc(-c2[c-]cccc2)nc1.Cc1ccc(-c2[c-]cccc2)nc1.[Ir].[Ir].[Ir]. The maximum atomic E-state index is 4.76. The minimum absolute atomic E-state index is 0. The quantitative estimate of drug-likeness (QED) is 0.0947. The van der Waals surface area contributed by atoms with Crippen molar-refractivity contribution in [2.45, 2.75) is 106 Å².